The van der Waals surface area contributed by atoms with Crippen molar-refractivity contribution in [1.29, 1.82) is 0 Å². The average molecular weight is 376 g/mol. The number of likely N-dealkylation sites (tertiary alicyclic amines) is 1. The first-order valence-corrected chi connectivity index (χ1v) is 8.08. The zero-order chi connectivity index (χ0) is 13.1. The minimum absolute atomic E-state index is 0.536. The minimum atomic E-state index is 0.536. The zero-order valence-electron chi connectivity index (χ0n) is 10.9. The van der Waals surface area contributed by atoms with Gasteiger partial charge in [0.25, 0.3) is 0 Å². The molecule has 1 aliphatic rings. The van der Waals surface area contributed by atoms with E-state index >= 15 is 0 Å². The van der Waals surface area contributed by atoms with Crippen LogP contribution in [0.1, 0.15) is 24.9 Å². The molecule has 1 saturated heterocycles. The van der Waals surface area contributed by atoms with Crippen LogP contribution in [0.15, 0.2) is 27.1 Å². The van der Waals surface area contributed by atoms with Crippen LogP contribution in [0.2, 0.25) is 0 Å². The largest absolute Gasteiger partial charge is 0.317 e. The van der Waals surface area contributed by atoms with Gasteiger partial charge in [-0.15, -0.1) is 0 Å². The van der Waals surface area contributed by atoms with Crippen LogP contribution >= 0.6 is 31.9 Å². The second-order valence-electron chi connectivity index (χ2n) is 4.96. The molecule has 0 bridgehead atoms. The first kappa shape index (κ1) is 14.5. The third kappa shape index (κ3) is 3.16. The predicted molar refractivity (Wildman–Crippen MR) is 83.9 cm³/mol. The summed E-state index contributed by atoms with van der Waals surface area (Å²) in [5, 5.41) is 3.49. The van der Waals surface area contributed by atoms with Gasteiger partial charge in [0.15, 0.2) is 0 Å². The van der Waals surface area contributed by atoms with Crippen LogP contribution in [0.3, 0.4) is 0 Å². The van der Waals surface area contributed by atoms with Gasteiger partial charge in [0.2, 0.25) is 0 Å². The maximum absolute atomic E-state index is 3.60. The first-order valence-electron chi connectivity index (χ1n) is 6.49. The van der Waals surface area contributed by atoms with E-state index in [9.17, 15) is 0 Å². The molecule has 4 heteroatoms. The summed E-state index contributed by atoms with van der Waals surface area (Å²) in [6.07, 6.45) is 1.28. The molecule has 2 atom stereocenters. The van der Waals surface area contributed by atoms with Crippen molar-refractivity contribution in [2.45, 2.75) is 19.4 Å². The second-order valence-corrected chi connectivity index (χ2v) is 6.66. The normalized spacial score (nSPS) is 24.7. The van der Waals surface area contributed by atoms with Crippen molar-refractivity contribution in [2.24, 2.45) is 5.92 Å². The van der Waals surface area contributed by atoms with Gasteiger partial charge >= 0.3 is 0 Å². The summed E-state index contributed by atoms with van der Waals surface area (Å²) in [5.41, 5.74) is 1.41. The molecule has 0 aromatic heterocycles. The van der Waals surface area contributed by atoms with Gasteiger partial charge in [-0.1, -0.05) is 13.0 Å². The van der Waals surface area contributed by atoms with E-state index < -0.39 is 0 Å². The monoisotopic (exact) mass is 374 g/mol. The first-order chi connectivity index (χ1) is 8.63. The number of hydrogen-bond acceptors (Lipinski definition) is 2. The standard InChI is InChI=1S/C14H20Br2N2/c1-3-17-9-11-6-7-18(2)14(11)10-4-5-12(15)13(16)8-10/h4-5,8,11,14,17H,3,6-7,9H2,1-2H3. The molecule has 100 valence electrons. The Labute approximate surface area is 126 Å². The fraction of sp³-hybridized carbons (Fsp3) is 0.571. The van der Waals surface area contributed by atoms with Gasteiger partial charge in [0, 0.05) is 15.0 Å². The Morgan fingerprint density at radius 2 is 2.11 bits per heavy atom. The minimum Gasteiger partial charge on any atom is -0.317 e. The number of rotatable bonds is 4. The summed E-state index contributed by atoms with van der Waals surface area (Å²) in [5.74, 6) is 0.711. The average Bonchev–Trinajstić information content (AvgIpc) is 2.71. The molecule has 0 spiro atoms. The van der Waals surface area contributed by atoms with E-state index in [2.05, 4.69) is 74.2 Å². The molecule has 0 aliphatic carbocycles. The molecule has 1 heterocycles. The van der Waals surface area contributed by atoms with Crippen molar-refractivity contribution in [3.05, 3.63) is 32.7 Å². The van der Waals surface area contributed by atoms with Crippen molar-refractivity contribution in [3.8, 4) is 0 Å². The van der Waals surface area contributed by atoms with Gasteiger partial charge in [0.1, 0.15) is 0 Å². The molecular weight excluding hydrogens is 356 g/mol. The molecule has 0 radical (unpaired) electrons. The maximum atomic E-state index is 3.60. The fourth-order valence-corrected chi connectivity index (χ4v) is 3.44. The molecule has 1 N–H and O–H groups in total. The van der Waals surface area contributed by atoms with Crippen LogP contribution < -0.4 is 5.32 Å². The third-order valence-electron chi connectivity index (χ3n) is 3.72. The Bertz CT molecular complexity index is 409. The topological polar surface area (TPSA) is 15.3 Å². The molecular formula is C14H20Br2N2. The highest BCUT2D eigenvalue weighted by Gasteiger charge is 2.32. The highest BCUT2D eigenvalue weighted by molar-refractivity contribution is 9.13. The number of nitrogens with zero attached hydrogens (tertiary/aromatic N) is 1. The van der Waals surface area contributed by atoms with Gasteiger partial charge in [-0.3, -0.25) is 4.90 Å². The summed E-state index contributed by atoms with van der Waals surface area (Å²) in [6, 6.07) is 7.15. The van der Waals surface area contributed by atoms with Crippen molar-refractivity contribution in [2.75, 3.05) is 26.7 Å². The van der Waals surface area contributed by atoms with Gasteiger partial charge < -0.3 is 5.32 Å². The van der Waals surface area contributed by atoms with E-state index in [4.69, 9.17) is 0 Å². The molecule has 18 heavy (non-hydrogen) atoms. The lowest BCUT2D eigenvalue weighted by atomic mass is 9.94. The maximum Gasteiger partial charge on any atom is 0.0386 e. The van der Waals surface area contributed by atoms with Gasteiger partial charge in [-0.25, -0.2) is 0 Å². The predicted octanol–water partition coefficient (Wildman–Crippen LogP) is 3.81. The summed E-state index contributed by atoms with van der Waals surface area (Å²) in [7, 11) is 2.23. The second kappa shape index (κ2) is 6.51. The zero-order valence-corrected chi connectivity index (χ0v) is 14.1. The van der Waals surface area contributed by atoms with Crippen LogP contribution in [0.25, 0.3) is 0 Å². The summed E-state index contributed by atoms with van der Waals surface area (Å²) in [6.45, 7) is 5.52. The Balaban J connectivity index is 2.19. The lowest BCUT2D eigenvalue weighted by molar-refractivity contribution is 0.273. The molecule has 2 unspecified atom stereocenters. The summed E-state index contributed by atoms with van der Waals surface area (Å²) < 4.78 is 2.26. The van der Waals surface area contributed by atoms with E-state index in [1.807, 2.05) is 0 Å². The van der Waals surface area contributed by atoms with Crippen LogP contribution in [0, 0.1) is 5.92 Å². The quantitative estimate of drug-likeness (QED) is 0.860. The Morgan fingerprint density at radius 3 is 2.78 bits per heavy atom. The highest BCUT2D eigenvalue weighted by atomic mass is 79.9. The fourth-order valence-electron chi connectivity index (χ4n) is 2.79. The molecule has 1 aliphatic heterocycles. The number of halogens is 2. The molecule has 0 saturated carbocycles. The highest BCUT2D eigenvalue weighted by Crippen LogP contribution is 2.37. The molecule has 2 nitrogen and oxygen atoms in total. The van der Waals surface area contributed by atoms with Gasteiger partial charge in [-0.2, -0.15) is 0 Å². The number of nitrogens with one attached hydrogen (secondary N) is 1. The van der Waals surface area contributed by atoms with Crippen molar-refractivity contribution >= 4 is 31.9 Å². The van der Waals surface area contributed by atoms with Crippen LogP contribution in [0.5, 0.6) is 0 Å². The van der Waals surface area contributed by atoms with Crippen LogP contribution in [-0.4, -0.2) is 31.6 Å². The van der Waals surface area contributed by atoms with E-state index in [-0.39, 0.29) is 0 Å². The van der Waals surface area contributed by atoms with Crippen molar-refractivity contribution < 1.29 is 0 Å². The Morgan fingerprint density at radius 1 is 1.33 bits per heavy atom. The van der Waals surface area contributed by atoms with Crippen LogP contribution in [0.4, 0.5) is 0 Å². The Hall–Kier alpha value is 0.1000. The van der Waals surface area contributed by atoms with Crippen molar-refractivity contribution in [1.82, 2.24) is 10.2 Å². The van der Waals surface area contributed by atoms with E-state index in [1.54, 1.807) is 0 Å². The van der Waals surface area contributed by atoms with Crippen molar-refractivity contribution in [3.63, 3.8) is 0 Å². The van der Waals surface area contributed by atoms with E-state index in [0.29, 0.717) is 12.0 Å². The number of benzene rings is 1. The summed E-state index contributed by atoms with van der Waals surface area (Å²) in [4.78, 5) is 2.47. The van der Waals surface area contributed by atoms with Crippen LogP contribution in [-0.2, 0) is 0 Å². The number of hydrogen-bond donors (Lipinski definition) is 1. The molecule has 1 fully saturated rings. The van der Waals surface area contributed by atoms with Gasteiger partial charge in [0.05, 0.1) is 0 Å². The van der Waals surface area contributed by atoms with E-state index in [0.717, 1.165) is 22.0 Å². The smallest absolute Gasteiger partial charge is 0.0386 e. The molecule has 1 aromatic rings. The Kier molecular flexibility index (Phi) is 5.24. The molecule has 1 aromatic carbocycles. The third-order valence-corrected chi connectivity index (χ3v) is 5.60. The SMILES string of the molecule is CCNCC1CCN(C)C1c1ccc(Br)c(Br)c1. The lowest BCUT2D eigenvalue weighted by Crippen LogP contribution is -2.28. The summed E-state index contributed by atoms with van der Waals surface area (Å²) >= 11 is 7.14. The molecule has 0 amide bonds. The molecule has 2 rings (SSSR count). The van der Waals surface area contributed by atoms with Gasteiger partial charge in [-0.05, 0) is 88.6 Å². The van der Waals surface area contributed by atoms with E-state index in [1.165, 1.54) is 18.5 Å². The lowest BCUT2D eigenvalue weighted by Gasteiger charge is -2.26.